The first kappa shape index (κ1) is 54.0. The lowest BCUT2D eigenvalue weighted by Crippen LogP contribution is -2.31. The number of unbranched alkanes of at least 4 members (excludes halogenated alkanes) is 24. The van der Waals surface area contributed by atoms with E-state index in [4.69, 9.17) is 9.47 Å². The molecule has 0 bridgehead atoms. The number of rotatable bonds is 44. The zero-order valence-electron chi connectivity index (χ0n) is 38.3. The molecule has 0 fully saturated rings. The van der Waals surface area contributed by atoms with Crippen LogP contribution < -0.4 is 11.2 Å². The van der Waals surface area contributed by atoms with E-state index in [2.05, 4.69) is 30.7 Å². The Kier molecular flexibility index (Phi) is 37.7. The SMILES string of the molecule is CCCCCCCCCO[C@H](O)CCCCCCCN(CCCCCCCC(=O)OC(CCCCCCCC)CCCCCCCC)CCCn1ccc(=O)[nH]c1=O. The molecule has 1 rings (SSSR count). The predicted octanol–water partition coefficient (Wildman–Crippen LogP) is 12.4. The summed E-state index contributed by atoms with van der Waals surface area (Å²) >= 11 is 0. The van der Waals surface area contributed by atoms with Crippen LogP contribution in [0.4, 0.5) is 0 Å². The summed E-state index contributed by atoms with van der Waals surface area (Å²) in [7, 11) is 0. The first-order chi connectivity index (χ1) is 28.4. The second kappa shape index (κ2) is 40.4. The second-order valence-electron chi connectivity index (χ2n) is 17.2. The Balaban J connectivity index is 2.35. The third-order valence-electron chi connectivity index (χ3n) is 11.7. The smallest absolute Gasteiger partial charge is 0.328 e. The van der Waals surface area contributed by atoms with Crippen molar-refractivity contribution in [1.29, 1.82) is 0 Å². The summed E-state index contributed by atoms with van der Waals surface area (Å²) in [5, 5.41) is 10.2. The molecule has 58 heavy (non-hydrogen) atoms. The number of aliphatic hydroxyl groups excluding tert-OH is 1. The van der Waals surface area contributed by atoms with E-state index in [0.29, 0.717) is 26.0 Å². The zero-order chi connectivity index (χ0) is 42.2. The molecule has 1 heterocycles. The minimum absolute atomic E-state index is 0.00180. The van der Waals surface area contributed by atoms with Crippen LogP contribution in [0.2, 0.25) is 0 Å². The van der Waals surface area contributed by atoms with Gasteiger partial charge < -0.3 is 24.0 Å². The molecule has 1 atom stereocenters. The van der Waals surface area contributed by atoms with Gasteiger partial charge in [0.1, 0.15) is 6.10 Å². The highest BCUT2D eigenvalue weighted by Gasteiger charge is 2.14. The van der Waals surface area contributed by atoms with Crippen molar-refractivity contribution in [3.63, 3.8) is 0 Å². The van der Waals surface area contributed by atoms with Gasteiger partial charge in [-0.25, -0.2) is 4.79 Å². The monoisotopic (exact) mass is 820 g/mol. The molecule has 0 spiro atoms. The molecule has 0 saturated carbocycles. The Hall–Kier alpha value is -1.97. The number of carbonyl (C=O) groups is 1. The average Bonchev–Trinajstić information content (AvgIpc) is 3.21. The second-order valence-corrected chi connectivity index (χ2v) is 17.2. The molecule has 0 aliphatic heterocycles. The summed E-state index contributed by atoms with van der Waals surface area (Å²) in [4.78, 5) is 41.4. The molecule has 340 valence electrons. The van der Waals surface area contributed by atoms with Crippen molar-refractivity contribution in [3.05, 3.63) is 33.1 Å². The molecule has 0 aliphatic carbocycles. The summed E-state index contributed by atoms with van der Waals surface area (Å²) in [6.07, 6.45) is 40.1. The van der Waals surface area contributed by atoms with Crippen LogP contribution in [0.3, 0.4) is 0 Å². The summed E-state index contributed by atoms with van der Waals surface area (Å²) in [6, 6.07) is 1.41. The van der Waals surface area contributed by atoms with Crippen molar-refractivity contribution >= 4 is 5.97 Å². The molecule has 1 aromatic heterocycles. The van der Waals surface area contributed by atoms with Crippen molar-refractivity contribution in [2.45, 2.75) is 258 Å². The maximum Gasteiger partial charge on any atom is 0.328 e. The van der Waals surface area contributed by atoms with E-state index in [0.717, 1.165) is 103 Å². The molecule has 0 aliphatic rings. The number of nitrogens with zero attached hydrogens (tertiary/aromatic N) is 2. The largest absolute Gasteiger partial charge is 0.462 e. The summed E-state index contributed by atoms with van der Waals surface area (Å²) in [5.41, 5.74) is -0.705. The first-order valence-corrected chi connectivity index (χ1v) is 24.9. The van der Waals surface area contributed by atoms with E-state index in [1.54, 1.807) is 10.8 Å². The van der Waals surface area contributed by atoms with Crippen molar-refractivity contribution in [1.82, 2.24) is 14.5 Å². The number of carbonyl (C=O) groups excluding carboxylic acids is 1. The number of aliphatic hydroxyl groups is 1. The molecular formula is C49H93N3O6. The number of aromatic nitrogens is 2. The number of aryl methyl sites for hydroxylation is 1. The highest BCUT2D eigenvalue weighted by molar-refractivity contribution is 5.69. The number of nitrogens with one attached hydrogen (secondary N) is 1. The molecule has 0 amide bonds. The molecule has 0 aromatic carbocycles. The number of ether oxygens (including phenoxy) is 2. The number of esters is 1. The van der Waals surface area contributed by atoms with Crippen LogP contribution in [0.1, 0.15) is 239 Å². The molecule has 9 heteroatoms. The van der Waals surface area contributed by atoms with Crippen LogP contribution in [-0.4, -0.2) is 64.2 Å². The maximum absolute atomic E-state index is 12.8. The standard InChI is InChI=1S/C49H93N3O6/c1-4-7-10-13-16-25-32-44-57-47(54)36-28-21-17-23-30-39-51(41-33-42-52-43-38-46(53)50-49(52)56)40-31-24-18-22-29-37-48(55)58-45(34-26-19-14-11-8-5-2)35-27-20-15-12-9-6-3/h38,43,45,47,54H,4-37,39-42,44H2,1-3H3,(H,50,53,56)/t47-/m0/s1. The minimum atomic E-state index is -0.633. The highest BCUT2D eigenvalue weighted by atomic mass is 16.6. The lowest BCUT2D eigenvalue weighted by atomic mass is 10.0. The molecular weight excluding hydrogens is 727 g/mol. The van der Waals surface area contributed by atoms with Crippen LogP contribution in [-0.2, 0) is 20.8 Å². The van der Waals surface area contributed by atoms with E-state index in [-0.39, 0.29) is 23.3 Å². The van der Waals surface area contributed by atoms with Gasteiger partial charge in [0, 0.05) is 31.8 Å². The van der Waals surface area contributed by atoms with Gasteiger partial charge in [-0.05, 0) is 90.3 Å². The van der Waals surface area contributed by atoms with Gasteiger partial charge in [0.25, 0.3) is 5.56 Å². The summed E-state index contributed by atoms with van der Waals surface area (Å²) in [6.45, 7) is 11.0. The summed E-state index contributed by atoms with van der Waals surface area (Å²) < 4.78 is 13.3. The fourth-order valence-corrected chi connectivity index (χ4v) is 7.91. The van der Waals surface area contributed by atoms with Gasteiger partial charge in [-0.2, -0.15) is 0 Å². The van der Waals surface area contributed by atoms with Crippen molar-refractivity contribution in [3.8, 4) is 0 Å². The first-order valence-electron chi connectivity index (χ1n) is 24.9. The van der Waals surface area contributed by atoms with Crippen molar-refractivity contribution in [2.75, 3.05) is 26.2 Å². The van der Waals surface area contributed by atoms with Crippen LogP contribution in [0.5, 0.6) is 0 Å². The normalized spacial score (nSPS) is 12.2. The van der Waals surface area contributed by atoms with Crippen molar-refractivity contribution < 1.29 is 19.4 Å². The van der Waals surface area contributed by atoms with Crippen LogP contribution in [0.25, 0.3) is 0 Å². The minimum Gasteiger partial charge on any atom is -0.462 e. The van der Waals surface area contributed by atoms with Crippen LogP contribution in [0, 0.1) is 0 Å². The molecule has 0 saturated heterocycles. The Morgan fingerprint density at radius 2 is 1.05 bits per heavy atom. The lowest BCUT2D eigenvalue weighted by molar-refractivity contribution is -0.150. The van der Waals surface area contributed by atoms with E-state index in [9.17, 15) is 19.5 Å². The van der Waals surface area contributed by atoms with Crippen LogP contribution >= 0.6 is 0 Å². The predicted molar refractivity (Wildman–Crippen MR) is 244 cm³/mol. The number of H-pyrrole nitrogens is 1. The zero-order valence-corrected chi connectivity index (χ0v) is 38.3. The molecule has 0 radical (unpaired) electrons. The van der Waals surface area contributed by atoms with E-state index in [1.807, 2.05) is 0 Å². The highest BCUT2D eigenvalue weighted by Crippen LogP contribution is 2.19. The lowest BCUT2D eigenvalue weighted by Gasteiger charge is -2.22. The summed E-state index contributed by atoms with van der Waals surface area (Å²) in [5.74, 6) is -0.00180. The van der Waals surface area contributed by atoms with Crippen molar-refractivity contribution in [2.24, 2.45) is 0 Å². The third-order valence-corrected chi connectivity index (χ3v) is 11.7. The number of hydrogen-bond acceptors (Lipinski definition) is 7. The van der Waals surface area contributed by atoms with E-state index in [1.165, 1.54) is 128 Å². The van der Waals surface area contributed by atoms with Gasteiger partial charge in [0.2, 0.25) is 0 Å². The van der Waals surface area contributed by atoms with E-state index >= 15 is 0 Å². The van der Waals surface area contributed by atoms with Crippen LogP contribution in [0.15, 0.2) is 21.9 Å². The van der Waals surface area contributed by atoms with Gasteiger partial charge in [0.15, 0.2) is 6.29 Å². The van der Waals surface area contributed by atoms with Gasteiger partial charge in [0.05, 0.1) is 0 Å². The Morgan fingerprint density at radius 1 is 0.603 bits per heavy atom. The van der Waals surface area contributed by atoms with E-state index < -0.39 is 6.29 Å². The fraction of sp³-hybridized carbons (Fsp3) is 0.898. The maximum atomic E-state index is 12.8. The fourth-order valence-electron chi connectivity index (χ4n) is 7.91. The van der Waals surface area contributed by atoms with Gasteiger partial charge >= 0.3 is 11.7 Å². The topological polar surface area (TPSA) is 114 Å². The van der Waals surface area contributed by atoms with Gasteiger partial charge in [-0.15, -0.1) is 0 Å². The Bertz CT molecular complexity index is 1140. The molecule has 9 nitrogen and oxygen atoms in total. The quantitative estimate of drug-likeness (QED) is 0.0383. The van der Waals surface area contributed by atoms with Gasteiger partial charge in [-0.1, -0.05) is 162 Å². The Labute approximate surface area is 356 Å². The molecule has 1 aromatic rings. The van der Waals surface area contributed by atoms with Gasteiger partial charge in [-0.3, -0.25) is 14.6 Å². The number of aromatic amines is 1. The third kappa shape index (κ3) is 33.8. The average molecular weight is 820 g/mol. The Morgan fingerprint density at radius 3 is 1.59 bits per heavy atom. The molecule has 0 unspecified atom stereocenters. The molecule has 2 N–H and O–H groups in total. The number of hydrogen-bond donors (Lipinski definition) is 2.